The van der Waals surface area contributed by atoms with Gasteiger partial charge in [0.2, 0.25) is 0 Å². The van der Waals surface area contributed by atoms with Crippen molar-refractivity contribution in [3.05, 3.63) is 29.4 Å². The largest absolute Gasteiger partial charge is 0.395 e. The Balaban J connectivity index is 2.67. The quantitative estimate of drug-likeness (QED) is 0.617. The van der Waals surface area contributed by atoms with Gasteiger partial charge in [0.25, 0.3) is 0 Å². The summed E-state index contributed by atoms with van der Waals surface area (Å²) in [5.74, 6) is 2.50. The smallest absolute Gasteiger partial charge is 0.154 e. The maximum absolute atomic E-state index is 5.94. The molecule has 0 aliphatic rings. The summed E-state index contributed by atoms with van der Waals surface area (Å²) in [6, 6.07) is 7.61. The van der Waals surface area contributed by atoms with Crippen molar-refractivity contribution in [1.82, 2.24) is 4.98 Å². The number of anilines is 2. The Morgan fingerprint density at radius 3 is 2.94 bits per heavy atom. The number of pyridine rings is 1. The SMILES string of the molecule is C#CCNc1c(N)c(Cl)nc2ccccc12. The summed E-state index contributed by atoms with van der Waals surface area (Å²) < 4.78 is 0. The van der Waals surface area contributed by atoms with Crippen LogP contribution in [-0.2, 0) is 0 Å². The first-order valence-electron chi connectivity index (χ1n) is 4.75. The molecule has 0 radical (unpaired) electrons. The molecule has 0 aliphatic heterocycles. The predicted octanol–water partition coefficient (Wildman–Crippen LogP) is 2.52. The third kappa shape index (κ3) is 1.75. The van der Waals surface area contributed by atoms with Gasteiger partial charge in [-0.3, -0.25) is 0 Å². The molecule has 0 aliphatic carbocycles. The van der Waals surface area contributed by atoms with E-state index in [0.29, 0.717) is 17.4 Å². The number of nitrogens with two attached hydrogens (primary N) is 1. The summed E-state index contributed by atoms with van der Waals surface area (Å²) in [4.78, 5) is 4.19. The van der Waals surface area contributed by atoms with E-state index >= 15 is 0 Å². The number of nitrogens with one attached hydrogen (secondary N) is 1. The fourth-order valence-corrected chi connectivity index (χ4v) is 1.71. The van der Waals surface area contributed by atoms with Crippen molar-refractivity contribution < 1.29 is 0 Å². The normalized spacial score (nSPS) is 10.0. The molecule has 80 valence electrons. The molecule has 3 N–H and O–H groups in total. The zero-order chi connectivity index (χ0) is 11.5. The highest BCUT2D eigenvalue weighted by atomic mass is 35.5. The number of halogens is 1. The summed E-state index contributed by atoms with van der Waals surface area (Å²) in [7, 11) is 0. The van der Waals surface area contributed by atoms with Crippen LogP contribution in [0, 0.1) is 12.3 Å². The molecule has 0 unspecified atom stereocenters. The first kappa shape index (κ1) is 10.6. The van der Waals surface area contributed by atoms with E-state index in [1.54, 1.807) is 0 Å². The average Bonchev–Trinajstić information content (AvgIpc) is 2.30. The number of hydrogen-bond donors (Lipinski definition) is 2. The van der Waals surface area contributed by atoms with Gasteiger partial charge in [0.15, 0.2) is 5.15 Å². The molecule has 1 heterocycles. The second-order valence-corrected chi connectivity index (χ2v) is 3.62. The lowest BCUT2D eigenvalue weighted by atomic mass is 10.1. The molecule has 0 atom stereocenters. The molecule has 1 aromatic carbocycles. The number of nitrogens with zero attached hydrogens (tertiary/aromatic N) is 1. The van der Waals surface area contributed by atoms with E-state index in [4.69, 9.17) is 23.8 Å². The van der Waals surface area contributed by atoms with Crippen LogP contribution < -0.4 is 11.1 Å². The van der Waals surface area contributed by atoms with Gasteiger partial charge in [-0.2, -0.15) is 0 Å². The van der Waals surface area contributed by atoms with Crippen molar-refractivity contribution in [2.45, 2.75) is 0 Å². The minimum atomic E-state index is 0.290. The number of hydrogen-bond acceptors (Lipinski definition) is 3. The Bertz CT molecular complexity index is 572. The molecule has 0 bridgehead atoms. The van der Waals surface area contributed by atoms with E-state index in [2.05, 4.69) is 16.2 Å². The highest BCUT2D eigenvalue weighted by Crippen LogP contribution is 2.32. The van der Waals surface area contributed by atoms with E-state index in [-0.39, 0.29) is 0 Å². The molecule has 1 aromatic heterocycles. The van der Waals surface area contributed by atoms with Gasteiger partial charge in [0.05, 0.1) is 23.4 Å². The molecule has 3 nitrogen and oxygen atoms in total. The summed E-state index contributed by atoms with van der Waals surface area (Å²) in [5, 5.41) is 4.27. The van der Waals surface area contributed by atoms with Gasteiger partial charge in [-0.15, -0.1) is 6.42 Å². The van der Waals surface area contributed by atoms with Crippen LogP contribution in [0.25, 0.3) is 10.9 Å². The minimum absolute atomic E-state index is 0.290. The second kappa shape index (κ2) is 4.30. The van der Waals surface area contributed by atoms with Crippen molar-refractivity contribution in [1.29, 1.82) is 0 Å². The lowest BCUT2D eigenvalue weighted by Gasteiger charge is -2.11. The summed E-state index contributed by atoms with van der Waals surface area (Å²) >= 11 is 5.94. The van der Waals surface area contributed by atoms with E-state index in [9.17, 15) is 0 Å². The molecule has 0 amide bonds. The van der Waals surface area contributed by atoms with Gasteiger partial charge in [-0.1, -0.05) is 35.7 Å². The standard InChI is InChI=1S/C12H10ClN3/c1-2-7-15-11-8-5-3-4-6-9(8)16-12(13)10(11)14/h1,3-6H,7,14H2,(H,15,16). The molecule has 0 saturated heterocycles. The molecule has 0 spiro atoms. The van der Waals surface area contributed by atoms with Crippen molar-refractivity contribution in [2.24, 2.45) is 0 Å². The molecule has 4 heteroatoms. The van der Waals surface area contributed by atoms with Crippen molar-refractivity contribution in [2.75, 3.05) is 17.6 Å². The summed E-state index contributed by atoms with van der Waals surface area (Å²) in [6.07, 6.45) is 5.21. The first-order chi connectivity index (χ1) is 7.74. The van der Waals surface area contributed by atoms with Crippen LogP contribution in [0.4, 0.5) is 11.4 Å². The van der Waals surface area contributed by atoms with Crippen molar-refractivity contribution in [3.8, 4) is 12.3 Å². The molecule has 16 heavy (non-hydrogen) atoms. The van der Waals surface area contributed by atoms with Gasteiger partial charge in [0, 0.05) is 5.39 Å². The van der Waals surface area contributed by atoms with Crippen LogP contribution >= 0.6 is 11.6 Å². The topological polar surface area (TPSA) is 50.9 Å². The molecule has 0 saturated carbocycles. The predicted molar refractivity (Wildman–Crippen MR) is 68.5 cm³/mol. The maximum atomic E-state index is 5.94. The summed E-state index contributed by atoms with van der Waals surface area (Å²) in [6.45, 7) is 0.397. The average molecular weight is 232 g/mol. The number of terminal acetylenes is 1. The van der Waals surface area contributed by atoms with Crippen LogP contribution in [0.15, 0.2) is 24.3 Å². The highest BCUT2D eigenvalue weighted by Gasteiger charge is 2.09. The van der Waals surface area contributed by atoms with E-state index < -0.39 is 0 Å². The number of fused-ring (bicyclic) bond motifs is 1. The van der Waals surface area contributed by atoms with Gasteiger partial charge >= 0.3 is 0 Å². The number of nitrogen functional groups attached to an aromatic ring is 1. The molecule has 2 aromatic rings. The highest BCUT2D eigenvalue weighted by molar-refractivity contribution is 6.33. The molecule has 0 fully saturated rings. The number of rotatable bonds is 2. The lowest BCUT2D eigenvalue weighted by Crippen LogP contribution is -2.04. The Hall–Kier alpha value is -1.92. The first-order valence-corrected chi connectivity index (χ1v) is 5.13. The van der Waals surface area contributed by atoms with Crippen LogP contribution in [0.5, 0.6) is 0 Å². The molecular formula is C12H10ClN3. The fourth-order valence-electron chi connectivity index (χ4n) is 1.53. The van der Waals surface area contributed by atoms with Crippen LogP contribution in [0.2, 0.25) is 5.15 Å². The Kier molecular flexibility index (Phi) is 2.84. The van der Waals surface area contributed by atoms with Crippen molar-refractivity contribution in [3.63, 3.8) is 0 Å². The number of aromatic nitrogens is 1. The van der Waals surface area contributed by atoms with E-state index in [1.165, 1.54) is 0 Å². The Morgan fingerprint density at radius 1 is 1.44 bits per heavy atom. The van der Waals surface area contributed by atoms with E-state index in [1.807, 2.05) is 24.3 Å². The van der Waals surface area contributed by atoms with Gasteiger partial charge in [0.1, 0.15) is 0 Å². The van der Waals surface area contributed by atoms with Gasteiger partial charge in [-0.25, -0.2) is 4.98 Å². The van der Waals surface area contributed by atoms with Crippen LogP contribution in [0.1, 0.15) is 0 Å². The van der Waals surface area contributed by atoms with Crippen molar-refractivity contribution >= 4 is 33.9 Å². The zero-order valence-electron chi connectivity index (χ0n) is 8.50. The zero-order valence-corrected chi connectivity index (χ0v) is 9.25. The number of benzene rings is 1. The third-order valence-corrected chi connectivity index (χ3v) is 2.54. The van der Waals surface area contributed by atoms with Crippen LogP contribution in [0.3, 0.4) is 0 Å². The minimum Gasteiger partial charge on any atom is -0.395 e. The van der Waals surface area contributed by atoms with E-state index in [0.717, 1.165) is 16.6 Å². The molecular weight excluding hydrogens is 222 g/mol. The fraction of sp³-hybridized carbons (Fsp3) is 0.0833. The van der Waals surface area contributed by atoms with Crippen LogP contribution in [-0.4, -0.2) is 11.5 Å². The monoisotopic (exact) mass is 231 g/mol. The molecule has 2 rings (SSSR count). The Labute approximate surface area is 98.6 Å². The maximum Gasteiger partial charge on any atom is 0.154 e. The second-order valence-electron chi connectivity index (χ2n) is 3.27. The lowest BCUT2D eigenvalue weighted by molar-refractivity contribution is 1.36. The Morgan fingerprint density at radius 2 is 2.19 bits per heavy atom. The third-order valence-electron chi connectivity index (χ3n) is 2.25. The number of para-hydroxylation sites is 1. The summed E-state index contributed by atoms with van der Waals surface area (Å²) in [5.41, 5.74) is 7.83. The van der Waals surface area contributed by atoms with Gasteiger partial charge < -0.3 is 11.1 Å². The van der Waals surface area contributed by atoms with Gasteiger partial charge in [-0.05, 0) is 6.07 Å².